The number of rotatable bonds is 4. The fraction of sp³-hybridized carbons (Fsp3) is 0.167. The largest absolute Gasteiger partial charge is 0.469 e. The van der Waals surface area contributed by atoms with E-state index in [1.54, 1.807) is 0 Å². The zero-order chi connectivity index (χ0) is 14.5. The van der Waals surface area contributed by atoms with E-state index in [0.717, 1.165) is 22.3 Å². The lowest BCUT2D eigenvalue weighted by Crippen LogP contribution is -2.10. The van der Waals surface area contributed by atoms with E-state index in [-0.39, 0.29) is 11.9 Å². The van der Waals surface area contributed by atoms with Crippen LogP contribution in [0.1, 0.15) is 29.5 Å². The van der Waals surface area contributed by atoms with Crippen molar-refractivity contribution in [3.63, 3.8) is 0 Å². The molecular weight excluding hydrogens is 248 g/mol. The highest BCUT2D eigenvalue weighted by Crippen LogP contribution is 2.25. The van der Waals surface area contributed by atoms with Gasteiger partial charge in [0.15, 0.2) is 0 Å². The quantitative estimate of drug-likeness (QED) is 0.781. The first kappa shape index (κ1) is 14.1. The lowest BCUT2D eigenvalue weighted by atomic mass is 9.94. The first-order valence-corrected chi connectivity index (χ1v) is 6.56. The Labute approximate surface area is 119 Å². The zero-order valence-electron chi connectivity index (χ0n) is 11.8. The topological polar surface area (TPSA) is 26.3 Å². The lowest BCUT2D eigenvalue weighted by molar-refractivity contribution is -0.141. The summed E-state index contributed by atoms with van der Waals surface area (Å²) in [5.74, 6) is -0.504. The molecule has 0 N–H and O–H groups in total. The Morgan fingerprint density at radius 2 is 1.70 bits per heavy atom. The van der Waals surface area contributed by atoms with E-state index in [4.69, 9.17) is 4.74 Å². The fourth-order valence-electron chi connectivity index (χ4n) is 2.11. The van der Waals surface area contributed by atoms with E-state index in [9.17, 15) is 4.79 Å². The first-order valence-electron chi connectivity index (χ1n) is 6.56. The highest BCUT2D eigenvalue weighted by molar-refractivity contribution is 5.81. The number of methoxy groups -OCH3 is 1. The van der Waals surface area contributed by atoms with E-state index in [0.29, 0.717) is 0 Å². The molecule has 0 amide bonds. The van der Waals surface area contributed by atoms with Crippen LogP contribution in [0.15, 0.2) is 61.2 Å². The van der Waals surface area contributed by atoms with Crippen LogP contribution >= 0.6 is 0 Å². The van der Waals surface area contributed by atoms with Crippen molar-refractivity contribution < 1.29 is 9.53 Å². The third kappa shape index (κ3) is 2.97. The SMILES string of the molecule is C=C(c1ccccc1)c1cccc([C@@H](C)C(=O)OC)c1. The van der Waals surface area contributed by atoms with Gasteiger partial charge in [-0.2, -0.15) is 0 Å². The summed E-state index contributed by atoms with van der Waals surface area (Å²) in [7, 11) is 1.41. The summed E-state index contributed by atoms with van der Waals surface area (Å²) in [6, 6.07) is 17.9. The molecule has 0 aromatic heterocycles. The smallest absolute Gasteiger partial charge is 0.312 e. The Hall–Kier alpha value is -2.35. The number of carbonyl (C=O) groups is 1. The standard InChI is InChI=1S/C18H18O2/c1-13(15-8-5-4-6-9-15)16-10-7-11-17(12-16)14(2)18(19)20-3/h4-12,14H,1H2,2-3H3/t14-/m1/s1. The van der Waals surface area contributed by atoms with Crippen LogP contribution in [0.25, 0.3) is 5.57 Å². The van der Waals surface area contributed by atoms with Gasteiger partial charge in [0.05, 0.1) is 13.0 Å². The molecule has 2 heteroatoms. The van der Waals surface area contributed by atoms with Gasteiger partial charge in [-0.25, -0.2) is 0 Å². The van der Waals surface area contributed by atoms with Crippen LogP contribution in [0.4, 0.5) is 0 Å². The van der Waals surface area contributed by atoms with Crippen LogP contribution in [0, 0.1) is 0 Å². The van der Waals surface area contributed by atoms with Crippen LogP contribution in [-0.2, 0) is 9.53 Å². The van der Waals surface area contributed by atoms with Gasteiger partial charge in [-0.1, -0.05) is 61.2 Å². The number of benzene rings is 2. The molecule has 0 bridgehead atoms. The molecule has 0 aliphatic rings. The number of hydrogen-bond acceptors (Lipinski definition) is 2. The van der Waals surface area contributed by atoms with Gasteiger partial charge in [0, 0.05) is 0 Å². The summed E-state index contributed by atoms with van der Waals surface area (Å²) in [5.41, 5.74) is 3.98. The molecule has 1 atom stereocenters. The molecule has 0 aliphatic carbocycles. The van der Waals surface area contributed by atoms with Gasteiger partial charge in [-0.3, -0.25) is 4.79 Å². The van der Waals surface area contributed by atoms with Gasteiger partial charge in [0.1, 0.15) is 0 Å². The maximum atomic E-state index is 11.6. The molecule has 0 heterocycles. The molecule has 0 radical (unpaired) electrons. The van der Waals surface area contributed by atoms with E-state index < -0.39 is 0 Å². The van der Waals surface area contributed by atoms with Crippen molar-refractivity contribution >= 4 is 11.5 Å². The van der Waals surface area contributed by atoms with Crippen LogP contribution < -0.4 is 0 Å². The molecule has 0 aliphatic heterocycles. The molecule has 0 unspecified atom stereocenters. The minimum absolute atomic E-state index is 0.229. The summed E-state index contributed by atoms with van der Waals surface area (Å²) in [4.78, 5) is 11.6. The molecule has 0 fully saturated rings. The molecule has 0 saturated heterocycles. The average Bonchev–Trinajstić information content (AvgIpc) is 2.53. The van der Waals surface area contributed by atoms with Crippen molar-refractivity contribution in [3.8, 4) is 0 Å². The van der Waals surface area contributed by atoms with E-state index in [1.807, 2.05) is 61.5 Å². The van der Waals surface area contributed by atoms with Crippen LogP contribution in [0.2, 0.25) is 0 Å². The molecule has 0 spiro atoms. The molecule has 2 rings (SSSR count). The Bertz CT molecular complexity index is 614. The predicted octanol–water partition coefficient (Wildman–Crippen LogP) is 4.02. The Balaban J connectivity index is 2.31. The minimum atomic E-state index is -0.275. The van der Waals surface area contributed by atoms with E-state index in [2.05, 4.69) is 6.58 Å². The number of ether oxygens (including phenoxy) is 1. The second kappa shape index (κ2) is 6.20. The number of esters is 1. The molecule has 2 aromatic rings. The Morgan fingerprint density at radius 1 is 1.05 bits per heavy atom. The maximum absolute atomic E-state index is 11.6. The van der Waals surface area contributed by atoms with Gasteiger partial charge in [-0.05, 0) is 29.2 Å². The molecule has 2 nitrogen and oxygen atoms in total. The van der Waals surface area contributed by atoms with Gasteiger partial charge in [0.2, 0.25) is 0 Å². The van der Waals surface area contributed by atoms with Gasteiger partial charge in [0.25, 0.3) is 0 Å². The van der Waals surface area contributed by atoms with Crippen molar-refractivity contribution in [2.75, 3.05) is 7.11 Å². The third-order valence-electron chi connectivity index (χ3n) is 3.41. The summed E-state index contributed by atoms with van der Waals surface area (Å²) in [5, 5.41) is 0. The van der Waals surface area contributed by atoms with E-state index in [1.165, 1.54) is 7.11 Å². The summed E-state index contributed by atoms with van der Waals surface area (Å²) in [6.07, 6.45) is 0. The second-order valence-electron chi connectivity index (χ2n) is 4.71. The van der Waals surface area contributed by atoms with Gasteiger partial charge < -0.3 is 4.74 Å². The summed E-state index contributed by atoms with van der Waals surface area (Å²) in [6.45, 7) is 5.99. The Kier molecular flexibility index (Phi) is 4.36. The maximum Gasteiger partial charge on any atom is 0.312 e. The van der Waals surface area contributed by atoms with Crippen molar-refractivity contribution in [3.05, 3.63) is 77.9 Å². The number of carbonyl (C=O) groups excluding carboxylic acids is 1. The highest BCUT2D eigenvalue weighted by Gasteiger charge is 2.16. The fourth-order valence-corrected chi connectivity index (χ4v) is 2.11. The van der Waals surface area contributed by atoms with Crippen molar-refractivity contribution in [2.24, 2.45) is 0 Å². The van der Waals surface area contributed by atoms with E-state index >= 15 is 0 Å². The third-order valence-corrected chi connectivity index (χ3v) is 3.41. The van der Waals surface area contributed by atoms with Crippen molar-refractivity contribution in [1.29, 1.82) is 0 Å². The number of hydrogen-bond donors (Lipinski definition) is 0. The van der Waals surface area contributed by atoms with Crippen molar-refractivity contribution in [2.45, 2.75) is 12.8 Å². The average molecular weight is 266 g/mol. The van der Waals surface area contributed by atoms with Gasteiger partial charge >= 0.3 is 5.97 Å². The second-order valence-corrected chi connectivity index (χ2v) is 4.71. The summed E-state index contributed by atoms with van der Waals surface area (Å²) >= 11 is 0. The molecule has 20 heavy (non-hydrogen) atoms. The highest BCUT2D eigenvalue weighted by atomic mass is 16.5. The first-order chi connectivity index (χ1) is 9.63. The molecule has 2 aromatic carbocycles. The molecule has 102 valence electrons. The molecular formula is C18H18O2. The van der Waals surface area contributed by atoms with Crippen LogP contribution in [0.5, 0.6) is 0 Å². The van der Waals surface area contributed by atoms with Gasteiger partial charge in [-0.15, -0.1) is 0 Å². The normalized spacial score (nSPS) is 11.7. The van der Waals surface area contributed by atoms with Crippen LogP contribution in [0.3, 0.4) is 0 Å². The van der Waals surface area contributed by atoms with Crippen LogP contribution in [-0.4, -0.2) is 13.1 Å². The zero-order valence-corrected chi connectivity index (χ0v) is 11.8. The molecule has 0 saturated carbocycles. The van der Waals surface area contributed by atoms with Crippen molar-refractivity contribution in [1.82, 2.24) is 0 Å². The summed E-state index contributed by atoms with van der Waals surface area (Å²) < 4.78 is 4.79. The monoisotopic (exact) mass is 266 g/mol. The predicted molar refractivity (Wildman–Crippen MR) is 81.5 cm³/mol. The minimum Gasteiger partial charge on any atom is -0.469 e. The lowest BCUT2D eigenvalue weighted by Gasteiger charge is -2.12. The Morgan fingerprint density at radius 3 is 2.35 bits per heavy atom.